The molecule has 0 spiro atoms. The average Bonchev–Trinajstić information content (AvgIpc) is 3.15. The van der Waals surface area contributed by atoms with Crippen LogP contribution in [-0.2, 0) is 11.5 Å². The molecule has 1 aliphatic rings. The summed E-state index contributed by atoms with van der Waals surface area (Å²) in [5, 5.41) is 6.59. The molecule has 0 radical (unpaired) electrons. The number of hydrogen-bond donors (Lipinski definition) is 2. The maximum atomic E-state index is 13.4. The highest BCUT2D eigenvalue weighted by Gasteiger charge is 2.22. The number of nitrogens with zero attached hydrogens (tertiary/aromatic N) is 4. The van der Waals surface area contributed by atoms with Gasteiger partial charge in [-0.25, -0.2) is 19.2 Å². The number of anilines is 1. The first-order valence-electron chi connectivity index (χ1n) is 10.7. The lowest BCUT2D eigenvalue weighted by Crippen LogP contribution is -2.45. The van der Waals surface area contributed by atoms with Crippen LogP contribution in [0, 0.1) is 5.82 Å². The van der Waals surface area contributed by atoms with Gasteiger partial charge in [0.05, 0.1) is 11.3 Å². The Balaban J connectivity index is 1.61. The molecule has 0 amide bonds. The quantitative estimate of drug-likeness (QED) is 0.520. The van der Waals surface area contributed by atoms with Crippen molar-refractivity contribution in [2.75, 3.05) is 51.2 Å². The van der Waals surface area contributed by atoms with E-state index >= 15 is 0 Å². The summed E-state index contributed by atoms with van der Waals surface area (Å²) in [5.41, 5.74) is 1.27. The van der Waals surface area contributed by atoms with Crippen LogP contribution in [0.3, 0.4) is 0 Å². The van der Waals surface area contributed by atoms with Gasteiger partial charge >= 0.3 is 5.63 Å². The van der Waals surface area contributed by atoms with Gasteiger partial charge in [-0.2, -0.15) is 4.74 Å². The number of ether oxygens (including phenoxy) is 1. The Kier molecular flexibility index (Phi) is 7.25. The van der Waals surface area contributed by atoms with Crippen LogP contribution in [0.5, 0.6) is 0 Å². The Labute approximate surface area is 185 Å². The molecule has 0 saturated carbocycles. The molecule has 10 heteroatoms. The van der Waals surface area contributed by atoms with E-state index in [2.05, 4.69) is 25.5 Å². The summed E-state index contributed by atoms with van der Waals surface area (Å²) in [7, 11) is 0. The van der Waals surface area contributed by atoms with Crippen LogP contribution in [0.15, 0.2) is 45.8 Å². The molecular weight excluding hydrogens is 415 g/mol. The predicted molar refractivity (Wildman–Crippen MR) is 119 cm³/mol. The second kappa shape index (κ2) is 10.5. The van der Waals surface area contributed by atoms with E-state index in [0.29, 0.717) is 41.6 Å². The van der Waals surface area contributed by atoms with E-state index in [9.17, 15) is 9.18 Å². The Morgan fingerprint density at radius 3 is 2.75 bits per heavy atom. The van der Waals surface area contributed by atoms with E-state index in [1.54, 1.807) is 24.4 Å². The monoisotopic (exact) mass is 442 g/mol. The van der Waals surface area contributed by atoms with Gasteiger partial charge in [-0.15, -0.1) is 0 Å². The van der Waals surface area contributed by atoms with E-state index in [0.717, 1.165) is 32.7 Å². The lowest BCUT2D eigenvalue weighted by molar-refractivity contribution is 0.0314. The molecule has 0 aliphatic carbocycles. The molecular formula is C22H27FN6O3. The zero-order valence-corrected chi connectivity index (χ0v) is 18.0. The number of piperazine rings is 1. The van der Waals surface area contributed by atoms with Crippen molar-refractivity contribution in [1.29, 1.82) is 0 Å². The number of hydrogen-bond acceptors (Lipinski definition) is 8. The van der Waals surface area contributed by atoms with Crippen LogP contribution >= 0.6 is 0 Å². The van der Waals surface area contributed by atoms with Gasteiger partial charge in [0.2, 0.25) is 5.95 Å². The normalized spacial score (nSPS) is 14.6. The van der Waals surface area contributed by atoms with Crippen molar-refractivity contribution in [2.24, 2.45) is 0 Å². The highest BCUT2D eigenvalue weighted by atomic mass is 19.1. The van der Waals surface area contributed by atoms with Crippen LogP contribution in [-0.4, -0.2) is 65.5 Å². The molecule has 3 aromatic rings. The van der Waals surface area contributed by atoms with Gasteiger partial charge in [-0.1, -0.05) is 12.1 Å². The van der Waals surface area contributed by atoms with Gasteiger partial charge in [-0.05, 0) is 30.7 Å². The van der Waals surface area contributed by atoms with Crippen LogP contribution in [0.25, 0.3) is 22.5 Å². The van der Waals surface area contributed by atoms with E-state index in [1.807, 2.05) is 6.92 Å². The first kappa shape index (κ1) is 22.1. The second-order valence-corrected chi connectivity index (χ2v) is 7.39. The Morgan fingerprint density at radius 2 is 2.00 bits per heavy atom. The third kappa shape index (κ3) is 5.21. The average molecular weight is 442 g/mol. The molecule has 4 rings (SSSR count). The molecule has 1 fully saturated rings. The van der Waals surface area contributed by atoms with Gasteiger partial charge in [0.15, 0.2) is 6.73 Å². The SMILES string of the molecule is CCOCn1oc(=O)c(-c2ccc(F)cc2)c1-c1ccnc(NCCN2CCNCC2)n1. The number of nitrogens with one attached hydrogen (secondary N) is 2. The molecule has 1 saturated heterocycles. The maximum Gasteiger partial charge on any atom is 0.366 e. The van der Waals surface area contributed by atoms with Crippen molar-refractivity contribution in [3.05, 3.63) is 52.8 Å². The van der Waals surface area contributed by atoms with Crippen molar-refractivity contribution >= 4 is 5.95 Å². The molecule has 0 bridgehead atoms. The summed E-state index contributed by atoms with van der Waals surface area (Å²) in [6.45, 7) is 7.97. The van der Waals surface area contributed by atoms with Gasteiger partial charge in [-0.3, -0.25) is 4.90 Å². The molecule has 3 heterocycles. The standard InChI is InChI=1S/C22H27FN6O3/c1-2-31-15-29-20(19(21(30)32-29)16-3-5-17(23)6-4-16)18-7-8-25-22(27-18)26-11-14-28-12-9-24-10-13-28/h3-8,24H,2,9-15H2,1H3,(H,25,26,27). The lowest BCUT2D eigenvalue weighted by Gasteiger charge is -2.27. The Bertz CT molecular complexity index is 1080. The van der Waals surface area contributed by atoms with Crippen LogP contribution < -0.4 is 16.3 Å². The summed E-state index contributed by atoms with van der Waals surface area (Å²) in [6, 6.07) is 7.41. The molecule has 1 aliphatic heterocycles. The number of benzene rings is 1. The summed E-state index contributed by atoms with van der Waals surface area (Å²) in [6.07, 6.45) is 1.63. The summed E-state index contributed by atoms with van der Waals surface area (Å²) < 4.78 is 25.7. The zero-order chi connectivity index (χ0) is 22.3. The van der Waals surface area contributed by atoms with Gasteiger partial charge in [0.25, 0.3) is 0 Å². The highest BCUT2D eigenvalue weighted by molar-refractivity contribution is 5.78. The van der Waals surface area contributed by atoms with Crippen molar-refractivity contribution in [1.82, 2.24) is 24.9 Å². The lowest BCUT2D eigenvalue weighted by atomic mass is 10.0. The predicted octanol–water partition coefficient (Wildman–Crippen LogP) is 2.02. The second-order valence-electron chi connectivity index (χ2n) is 7.39. The van der Waals surface area contributed by atoms with Crippen LogP contribution in [0.1, 0.15) is 6.92 Å². The molecule has 2 N–H and O–H groups in total. The number of halogens is 1. The molecule has 2 aromatic heterocycles. The van der Waals surface area contributed by atoms with Crippen LogP contribution in [0.4, 0.5) is 10.3 Å². The van der Waals surface area contributed by atoms with E-state index in [-0.39, 0.29) is 12.5 Å². The van der Waals surface area contributed by atoms with Crippen molar-refractivity contribution in [3.63, 3.8) is 0 Å². The molecule has 9 nitrogen and oxygen atoms in total. The fourth-order valence-electron chi connectivity index (χ4n) is 3.64. The molecule has 1 aromatic carbocycles. The third-order valence-electron chi connectivity index (χ3n) is 5.25. The first-order valence-corrected chi connectivity index (χ1v) is 10.7. The molecule has 32 heavy (non-hydrogen) atoms. The van der Waals surface area contributed by atoms with Crippen molar-refractivity contribution < 1.29 is 13.7 Å². The topological polar surface area (TPSA) is 97.5 Å². The minimum atomic E-state index is -0.543. The minimum Gasteiger partial charge on any atom is -0.358 e. The van der Waals surface area contributed by atoms with E-state index < -0.39 is 5.63 Å². The fourth-order valence-corrected chi connectivity index (χ4v) is 3.64. The van der Waals surface area contributed by atoms with Crippen molar-refractivity contribution in [3.8, 4) is 22.5 Å². The summed E-state index contributed by atoms with van der Waals surface area (Å²) in [4.78, 5) is 24.0. The molecule has 170 valence electrons. The smallest absolute Gasteiger partial charge is 0.358 e. The van der Waals surface area contributed by atoms with Crippen LogP contribution in [0.2, 0.25) is 0 Å². The highest BCUT2D eigenvalue weighted by Crippen LogP contribution is 2.30. The third-order valence-corrected chi connectivity index (χ3v) is 5.25. The fraction of sp³-hybridized carbons (Fsp3) is 0.409. The van der Waals surface area contributed by atoms with Crippen molar-refractivity contribution in [2.45, 2.75) is 13.7 Å². The first-order chi connectivity index (χ1) is 15.7. The van der Waals surface area contributed by atoms with E-state index in [1.165, 1.54) is 16.9 Å². The maximum absolute atomic E-state index is 13.4. The Morgan fingerprint density at radius 1 is 1.22 bits per heavy atom. The van der Waals surface area contributed by atoms with Gasteiger partial charge < -0.3 is 19.9 Å². The molecule has 0 atom stereocenters. The summed E-state index contributed by atoms with van der Waals surface area (Å²) >= 11 is 0. The Hall–Kier alpha value is -3.08. The van der Waals surface area contributed by atoms with Gasteiger partial charge in [0.1, 0.15) is 11.5 Å². The largest absolute Gasteiger partial charge is 0.366 e. The zero-order valence-electron chi connectivity index (χ0n) is 18.0. The number of aromatic nitrogens is 3. The number of rotatable bonds is 9. The molecule has 0 unspecified atom stereocenters. The van der Waals surface area contributed by atoms with Gasteiger partial charge in [0, 0.05) is 52.1 Å². The van der Waals surface area contributed by atoms with E-state index in [4.69, 9.17) is 9.26 Å². The summed E-state index contributed by atoms with van der Waals surface area (Å²) in [5.74, 6) is 0.0748. The minimum absolute atomic E-state index is 0.0536.